The van der Waals surface area contributed by atoms with Gasteiger partial charge in [-0.3, -0.25) is 4.79 Å². The predicted molar refractivity (Wildman–Crippen MR) is 75.0 cm³/mol. The Morgan fingerprint density at radius 1 is 1.47 bits per heavy atom. The van der Waals surface area contributed by atoms with E-state index >= 15 is 0 Å². The second-order valence-electron chi connectivity index (χ2n) is 4.71. The van der Waals surface area contributed by atoms with Crippen LogP contribution in [0.1, 0.15) is 19.8 Å². The van der Waals surface area contributed by atoms with Crippen molar-refractivity contribution in [3.63, 3.8) is 0 Å². The first-order valence-corrected chi connectivity index (χ1v) is 6.98. The Hall–Kier alpha value is -1.13. The molecule has 0 bridgehead atoms. The molecule has 0 aromatic heterocycles. The standard InChI is InChI=1S/C14H18ClFN2O/c1-2-18(11-3-4-13(16)12(15)9-11)14(19)10-5-7-17-8-6-10/h3-4,9-10,17H,2,5-8H2,1H3. The number of anilines is 1. The van der Waals surface area contributed by atoms with E-state index in [1.54, 1.807) is 11.0 Å². The molecule has 1 aliphatic heterocycles. The molecule has 0 aliphatic carbocycles. The van der Waals surface area contributed by atoms with Crippen molar-refractivity contribution in [1.29, 1.82) is 0 Å². The Balaban J connectivity index is 2.18. The summed E-state index contributed by atoms with van der Waals surface area (Å²) >= 11 is 5.78. The molecular formula is C14H18ClFN2O. The number of hydrogen-bond acceptors (Lipinski definition) is 2. The van der Waals surface area contributed by atoms with Gasteiger partial charge in [-0.05, 0) is 51.1 Å². The van der Waals surface area contributed by atoms with Crippen molar-refractivity contribution in [2.75, 3.05) is 24.5 Å². The Bertz CT molecular complexity index is 461. The predicted octanol–water partition coefficient (Wildman–Crippen LogP) is 2.83. The number of halogens is 2. The van der Waals surface area contributed by atoms with E-state index in [4.69, 9.17) is 11.6 Å². The SMILES string of the molecule is CCN(C(=O)C1CCNCC1)c1ccc(F)c(Cl)c1. The van der Waals surface area contributed by atoms with Crippen LogP contribution in [0.5, 0.6) is 0 Å². The number of hydrogen-bond donors (Lipinski definition) is 1. The lowest BCUT2D eigenvalue weighted by atomic mass is 9.96. The third-order valence-electron chi connectivity index (χ3n) is 3.49. The lowest BCUT2D eigenvalue weighted by Gasteiger charge is -2.29. The minimum absolute atomic E-state index is 0.0463. The van der Waals surface area contributed by atoms with Gasteiger partial charge in [-0.1, -0.05) is 11.6 Å². The Labute approximate surface area is 117 Å². The number of nitrogens with one attached hydrogen (secondary N) is 1. The van der Waals surface area contributed by atoms with Crippen molar-refractivity contribution in [1.82, 2.24) is 5.32 Å². The highest BCUT2D eigenvalue weighted by atomic mass is 35.5. The Morgan fingerprint density at radius 2 is 2.16 bits per heavy atom. The average Bonchev–Trinajstić information content (AvgIpc) is 2.44. The third kappa shape index (κ3) is 3.25. The normalized spacial score (nSPS) is 16.4. The van der Waals surface area contributed by atoms with E-state index in [0.29, 0.717) is 12.2 Å². The average molecular weight is 285 g/mol. The van der Waals surface area contributed by atoms with Gasteiger partial charge in [-0.25, -0.2) is 4.39 Å². The first-order chi connectivity index (χ1) is 9.13. The maximum Gasteiger partial charge on any atom is 0.230 e. The van der Waals surface area contributed by atoms with Crippen LogP contribution >= 0.6 is 11.6 Å². The molecule has 0 spiro atoms. The van der Waals surface area contributed by atoms with Crippen molar-refractivity contribution in [3.8, 4) is 0 Å². The molecule has 3 nitrogen and oxygen atoms in total. The summed E-state index contributed by atoms with van der Waals surface area (Å²) in [6.45, 7) is 4.22. The number of benzene rings is 1. The van der Waals surface area contributed by atoms with Gasteiger partial charge in [0, 0.05) is 18.2 Å². The molecule has 19 heavy (non-hydrogen) atoms. The lowest BCUT2D eigenvalue weighted by molar-refractivity contribution is -0.123. The molecule has 1 fully saturated rings. The van der Waals surface area contributed by atoms with Crippen LogP contribution in [0.3, 0.4) is 0 Å². The van der Waals surface area contributed by atoms with Crippen molar-refractivity contribution in [3.05, 3.63) is 29.0 Å². The fraction of sp³-hybridized carbons (Fsp3) is 0.500. The number of rotatable bonds is 3. The molecule has 1 aromatic carbocycles. The molecule has 1 saturated heterocycles. The summed E-state index contributed by atoms with van der Waals surface area (Å²) in [4.78, 5) is 14.2. The van der Waals surface area contributed by atoms with Crippen LogP contribution in [0.4, 0.5) is 10.1 Å². The highest BCUT2D eigenvalue weighted by molar-refractivity contribution is 6.31. The molecule has 2 rings (SSSR count). The molecule has 1 aliphatic rings. The fourth-order valence-electron chi connectivity index (χ4n) is 2.41. The molecule has 5 heteroatoms. The summed E-state index contributed by atoms with van der Waals surface area (Å²) in [6.07, 6.45) is 1.70. The van der Waals surface area contributed by atoms with E-state index in [2.05, 4.69) is 5.32 Å². The zero-order chi connectivity index (χ0) is 13.8. The second-order valence-corrected chi connectivity index (χ2v) is 5.11. The second kappa shape index (κ2) is 6.35. The lowest BCUT2D eigenvalue weighted by Crippen LogP contribution is -2.41. The summed E-state index contributed by atoms with van der Waals surface area (Å²) in [5, 5.41) is 3.29. The van der Waals surface area contributed by atoms with E-state index < -0.39 is 5.82 Å². The van der Waals surface area contributed by atoms with Gasteiger partial charge in [-0.15, -0.1) is 0 Å². The number of piperidine rings is 1. The van der Waals surface area contributed by atoms with Crippen LogP contribution in [-0.2, 0) is 4.79 Å². The van der Waals surface area contributed by atoms with Gasteiger partial charge >= 0.3 is 0 Å². The van der Waals surface area contributed by atoms with Gasteiger partial charge in [0.1, 0.15) is 5.82 Å². The molecule has 104 valence electrons. The van der Waals surface area contributed by atoms with Crippen molar-refractivity contribution in [2.45, 2.75) is 19.8 Å². The van der Waals surface area contributed by atoms with Crippen LogP contribution in [0.25, 0.3) is 0 Å². The van der Waals surface area contributed by atoms with Crippen LogP contribution in [-0.4, -0.2) is 25.5 Å². The maximum absolute atomic E-state index is 13.2. The topological polar surface area (TPSA) is 32.3 Å². The highest BCUT2D eigenvalue weighted by Crippen LogP contribution is 2.25. The summed E-state index contributed by atoms with van der Waals surface area (Å²) in [5.41, 5.74) is 0.664. The summed E-state index contributed by atoms with van der Waals surface area (Å²) in [5.74, 6) is -0.313. The zero-order valence-corrected chi connectivity index (χ0v) is 11.7. The largest absolute Gasteiger partial charge is 0.317 e. The molecule has 0 saturated carbocycles. The third-order valence-corrected chi connectivity index (χ3v) is 3.78. The molecule has 1 heterocycles. The van der Waals surface area contributed by atoms with E-state index in [1.165, 1.54) is 12.1 Å². The summed E-state index contributed by atoms with van der Waals surface area (Å²) in [7, 11) is 0. The fourth-order valence-corrected chi connectivity index (χ4v) is 2.58. The summed E-state index contributed by atoms with van der Waals surface area (Å²) < 4.78 is 13.2. The van der Waals surface area contributed by atoms with E-state index in [-0.39, 0.29) is 16.8 Å². The number of carbonyl (C=O) groups excluding carboxylic acids is 1. The first kappa shape index (κ1) is 14.3. The minimum Gasteiger partial charge on any atom is -0.317 e. The molecule has 1 aromatic rings. The van der Waals surface area contributed by atoms with Crippen LogP contribution < -0.4 is 10.2 Å². The Kier molecular flexibility index (Phi) is 4.77. The monoisotopic (exact) mass is 284 g/mol. The van der Waals surface area contributed by atoms with E-state index in [9.17, 15) is 9.18 Å². The highest BCUT2D eigenvalue weighted by Gasteiger charge is 2.26. The number of amides is 1. The first-order valence-electron chi connectivity index (χ1n) is 6.60. The summed E-state index contributed by atoms with van der Waals surface area (Å²) in [6, 6.07) is 4.42. The smallest absolute Gasteiger partial charge is 0.230 e. The number of nitrogens with zero attached hydrogens (tertiary/aromatic N) is 1. The Morgan fingerprint density at radius 3 is 2.74 bits per heavy atom. The minimum atomic E-state index is -0.462. The van der Waals surface area contributed by atoms with E-state index in [0.717, 1.165) is 25.9 Å². The van der Waals surface area contributed by atoms with Gasteiger partial charge in [0.25, 0.3) is 0 Å². The van der Waals surface area contributed by atoms with Crippen molar-refractivity contribution in [2.24, 2.45) is 5.92 Å². The number of carbonyl (C=O) groups is 1. The molecule has 1 N–H and O–H groups in total. The van der Waals surface area contributed by atoms with Gasteiger partial charge in [-0.2, -0.15) is 0 Å². The maximum atomic E-state index is 13.2. The quantitative estimate of drug-likeness (QED) is 0.926. The van der Waals surface area contributed by atoms with Crippen LogP contribution in [0.2, 0.25) is 5.02 Å². The molecule has 1 amide bonds. The zero-order valence-electron chi connectivity index (χ0n) is 11.0. The van der Waals surface area contributed by atoms with Gasteiger partial charge < -0.3 is 10.2 Å². The molecular weight excluding hydrogens is 267 g/mol. The van der Waals surface area contributed by atoms with Crippen LogP contribution in [0, 0.1) is 11.7 Å². The van der Waals surface area contributed by atoms with Crippen LogP contribution in [0.15, 0.2) is 18.2 Å². The van der Waals surface area contributed by atoms with Gasteiger partial charge in [0.15, 0.2) is 0 Å². The van der Waals surface area contributed by atoms with E-state index in [1.807, 2.05) is 6.92 Å². The molecule has 0 radical (unpaired) electrons. The molecule has 0 unspecified atom stereocenters. The van der Waals surface area contributed by atoms with Gasteiger partial charge in [0.2, 0.25) is 5.91 Å². The molecule has 0 atom stereocenters. The van der Waals surface area contributed by atoms with Crippen molar-refractivity contribution >= 4 is 23.2 Å². The van der Waals surface area contributed by atoms with Crippen molar-refractivity contribution < 1.29 is 9.18 Å². The van der Waals surface area contributed by atoms with Gasteiger partial charge in [0.05, 0.1) is 5.02 Å².